The Morgan fingerprint density at radius 3 is 2.17 bits per heavy atom. The molecule has 42 heavy (non-hydrogen) atoms. The number of hydrogen-bond acceptors (Lipinski definition) is 5. The molecule has 1 aliphatic rings. The molecule has 2 aromatic carbocycles. The Labute approximate surface area is 237 Å². The molecule has 1 unspecified atom stereocenters. The molecule has 1 fully saturated rings. The van der Waals surface area contributed by atoms with Gasteiger partial charge < -0.3 is 15.4 Å². The summed E-state index contributed by atoms with van der Waals surface area (Å²) in [5, 5.41) is 14.2. The van der Waals surface area contributed by atoms with E-state index in [0.717, 1.165) is 41.3 Å². The molecule has 3 atom stereocenters. The summed E-state index contributed by atoms with van der Waals surface area (Å²) < 4.78 is 83.9. The number of hydrogen-bond donors (Lipinski definition) is 2. The first-order valence-corrected chi connectivity index (χ1v) is 12.7. The lowest BCUT2D eigenvalue weighted by atomic mass is 10.0. The maximum atomic E-state index is 13.4. The summed E-state index contributed by atoms with van der Waals surface area (Å²) in [6, 6.07) is 6.83. The first-order chi connectivity index (χ1) is 19.4. The molecule has 2 aromatic rings. The van der Waals surface area contributed by atoms with Crippen LogP contribution < -0.4 is 10.6 Å². The zero-order valence-corrected chi connectivity index (χ0v) is 22.8. The number of nitrogens with zero attached hydrogens (tertiary/aromatic N) is 2. The zero-order valence-electron chi connectivity index (χ0n) is 22.8. The van der Waals surface area contributed by atoms with Crippen LogP contribution in [0, 0.1) is 17.2 Å². The summed E-state index contributed by atoms with van der Waals surface area (Å²) in [5.74, 6) is -2.53. The third-order valence-corrected chi connectivity index (χ3v) is 6.23. The molecule has 3 rings (SSSR count). The Kier molecular flexibility index (Phi) is 9.44. The van der Waals surface area contributed by atoms with Gasteiger partial charge in [-0.15, -0.1) is 0 Å². The van der Waals surface area contributed by atoms with Gasteiger partial charge in [0, 0.05) is 18.7 Å². The van der Waals surface area contributed by atoms with Gasteiger partial charge in [0.05, 0.1) is 23.1 Å². The minimum atomic E-state index is -4.69. The highest BCUT2D eigenvalue weighted by Gasteiger charge is 2.42. The molecular weight excluding hydrogens is 570 g/mol. The maximum absolute atomic E-state index is 13.4. The monoisotopic (exact) mass is 598 g/mol. The number of carbonyl (C=O) groups is 3. The van der Waals surface area contributed by atoms with Gasteiger partial charge >= 0.3 is 18.4 Å². The van der Waals surface area contributed by atoms with Gasteiger partial charge in [0.1, 0.15) is 17.7 Å². The fourth-order valence-corrected chi connectivity index (χ4v) is 4.25. The van der Waals surface area contributed by atoms with Crippen LogP contribution in [0.15, 0.2) is 48.5 Å². The number of halogens is 6. The first kappa shape index (κ1) is 32.2. The van der Waals surface area contributed by atoms with Gasteiger partial charge in [-0.05, 0) is 63.1 Å². The smallest absolute Gasteiger partial charge is 0.416 e. The summed E-state index contributed by atoms with van der Waals surface area (Å²) in [4.78, 5) is 40.4. The van der Waals surface area contributed by atoms with E-state index in [4.69, 9.17) is 4.74 Å². The van der Waals surface area contributed by atoms with Crippen LogP contribution in [0.2, 0.25) is 0 Å². The summed E-state index contributed by atoms with van der Waals surface area (Å²) in [6.45, 7) is 4.70. The predicted octanol–water partition coefficient (Wildman–Crippen LogP) is 5.54. The van der Waals surface area contributed by atoms with Crippen molar-refractivity contribution in [3.63, 3.8) is 0 Å². The van der Waals surface area contributed by atoms with Gasteiger partial charge in [0.25, 0.3) is 0 Å². The number of amides is 3. The van der Waals surface area contributed by atoms with Crippen LogP contribution >= 0.6 is 0 Å². The highest BCUT2D eigenvalue weighted by molar-refractivity contribution is 5.98. The molecular formula is C28H28F6N4O4. The Morgan fingerprint density at radius 2 is 1.62 bits per heavy atom. The molecule has 14 heteroatoms. The maximum Gasteiger partial charge on any atom is 0.416 e. The van der Waals surface area contributed by atoms with Crippen molar-refractivity contribution in [1.29, 1.82) is 5.26 Å². The fourth-order valence-electron chi connectivity index (χ4n) is 4.25. The lowest BCUT2D eigenvalue weighted by Gasteiger charge is -2.29. The van der Waals surface area contributed by atoms with E-state index < -0.39 is 65.0 Å². The highest BCUT2D eigenvalue weighted by atomic mass is 19.4. The van der Waals surface area contributed by atoms with Crippen molar-refractivity contribution >= 4 is 23.6 Å². The minimum Gasteiger partial charge on any atom is -0.444 e. The normalized spacial score (nSPS) is 18.1. The average molecular weight is 599 g/mol. The Morgan fingerprint density at radius 1 is 1.00 bits per heavy atom. The van der Waals surface area contributed by atoms with Gasteiger partial charge in [0.2, 0.25) is 11.8 Å². The quantitative estimate of drug-likeness (QED) is 0.425. The van der Waals surface area contributed by atoms with E-state index in [1.807, 2.05) is 6.07 Å². The Hall–Kier alpha value is -4.28. The molecule has 0 radical (unpaired) electrons. The number of anilines is 1. The van der Waals surface area contributed by atoms with Gasteiger partial charge in [-0.1, -0.05) is 18.2 Å². The van der Waals surface area contributed by atoms with Crippen LogP contribution in [-0.4, -0.2) is 47.0 Å². The molecule has 0 saturated carbocycles. The molecule has 226 valence electrons. The second kappa shape index (κ2) is 12.3. The van der Waals surface area contributed by atoms with Gasteiger partial charge in [-0.2, -0.15) is 31.6 Å². The van der Waals surface area contributed by atoms with Gasteiger partial charge in [-0.25, -0.2) is 4.79 Å². The van der Waals surface area contributed by atoms with E-state index in [9.17, 15) is 46.0 Å². The van der Waals surface area contributed by atoms with Crippen LogP contribution in [0.5, 0.6) is 0 Å². The highest BCUT2D eigenvalue weighted by Crippen LogP contribution is 2.31. The van der Waals surface area contributed by atoms with Crippen LogP contribution in [0.4, 0.5) is 36.8 Å². The van der Waals surface area contributed by atoms with E-state index in [0.29, 0.717) is 6.07 Å². The number of nitriles is 1. The first-order valence-electron chi connectivity index (χ1n) is 12.7. The van der Waals surface area contributed by atoms with E-state index in [-0.39, 0.29) is 30.6 Å². The third kappa shape index (κ3) is 8.61. The van der Waals surface area contributed by atoms with E-state index in [1.54, 1.807) is 20.8 Å². The van der Waals surface area contributed by atoms with Crippen molar-refractivity contribution in [3.8, 4) is 6.07 Å². The minimum absolute atomic E-state index is 0.0795. The topological polar surface area (TPSA) is 112 Å². The van der Waals surface area contributed by atoms with E-state index in [2.05, 4.69) is 10.6 Å². The van der Waals surface area contributed by atoms with Gasteiger partial charge in [-0.3, -0.25) is 14.5 Å². The molecule has 1 saturated heterocycles. The zero-order chi connectivity index (χ0) is 31.5. The Bertz CT molecular complexity index is 1350. The summed E-state index contributed by atoms with van der Waals surface area (Å²) >= 11 is 0. The van der Waals surface area contributed by atoms with Crippen molar-refractivity contribution in [2.24, 2.45) is 5.92 Å². The summed E-state index contributed by atoms with van der Waals surface area (Å²) in [5.41, 5.74) is -2.93. The Balaban J connectivity index is 1.88. The van der Waals surface area contributed by atoms with Crippen molar-refractivity contribution in [2.45, 2.75) is 63.7 Å². The predicted molar refractivity (Wildman–Crippen MR) is 138 cm³/mol. The van der Waals surface area contributed by atoms with Crippen molar-refractivity contribution in [2.75, 3.05) is 11.9 Å². The molecule has 0 aromatic heterocycles. The number of benzene rings is 2. The molecule has 0 aliphatic carbocycles. The molecule has 1 heterocycles. The number of rotatable bonds is 6. The van der Waals surface area contributed by atoms with Crippen molar-refractivity contribution in [1.82, 2.24) is 10.2 Å². The van der Waals surface area contributed by atoms with Crippen molar-refractivity contribution < 1.29 is 45.5 Å². The van der Waals surface area contributed by atoms with Crippen molar-refractivity contribution in [3.05, 3.63) is 65.2 Å². The van der Waals surface area contributed by atoms with Crippen LogP contribution in [0.1, 0.15) is 43.9 Å². The third-order valence-electron chi connectivity index (χ3n) is 6.23. The lowest BCUT2D eigenvalue weighted by molar-refractivity contribution is -0.138. The standard InChI is InChI=1S/C28H28F6N4O4/c1-26(2,3)42-25(41)38-15-17(14-35)12-22(38)24(40)37-21(11-16-7-9-18(10-8-16)27(29,30)31)23(39)36-20-6-4-5-19(13-20)28(32,33)34/h4-10,13,17,21-22H,11-12,15H2,1-3H3,(H,36,39)(H,37,40)/t17-,21+,22?/m1/s1. The second-order valence-corrected chi connectivity index (χ2v) is 10.7. The molecule has 2 N–H and O–H groups in total. The van der Waals surface area contributed by atoms with E-state index in [1.165, 1.54) is 6.07 Å². The summed E-state index contributed by atoms with van der Waals surface area (Å²) in [6.07, 6.45) is -10.6. The average Bonchev–Trinajstić information content (AvgIpc) is 3.32. The van der Waals surface area contributed by atoms with E-state index >= 15 is 0 Å². The number of carbonyl (C=O) groups excluding carboxylic acids is 3. The van der Waals surface area contributed by atoms with Crippen LogP contribution in [0.25, 0.3) is 0 Å². The number of nitrogens with one attached hydrogen (secondary N) is 2. The number of likely N-dealkylation sites (tertiary alicyclic amines) is 1. The second-order valence-electron chi connectivity index (χ2n) is 10.7. The largest absolute Gasteiger partial charge is 0.444 e. The van der Waals surface area contributed by atoms with Crippen LogP contribution in [-0.2, 0) is 33.1 Å². The molecule has 1 aliphatic heterocycles. The lowest BCUT2D eigenvalue weighted by Crippen LogP contribution is -2.53. The SMILES string of the molecule is CC(C)(C)OC(=O)N1C[C@@H](C#N)CC1C(=O)N[C@@H](Cc1ccc(C(F)(F)F)cc1)C(=O)Nc1cccc(C(F)(F)F)c1. The molecule has 0 bridgehead atoms. The number of ether oxygens (including phenoxy) is 1. The number of alkyl halides is 6. The molecule has 3 amide bonds. The molecule has 8 nitrogen and oxygen atoms in total. The fraction of sp³-hybridized carbons (Fsp3) is 0.429. The summed E-state index contributed by atoms with van der Waals surface area (Å²) in [7, 11) is 0. The van der Waals surface area contributed by atoms with Crippen LogP contribution in [0.3, 0.4) is 0 Å². The van der Waals surface area contributed by atoms with Gasteiger partial charge in [0.15, 0.2) is 0 Å². The molecule has 0 spiro atoms.